The van der Waals surface area contributed by atoms with Crippen molar-refractivity contribution in [2.75, 3.05) is 9.80 Å². The number of ether oxygens (including phenoxy) is 2. The van der Waals surface area contributed by atoms with Crippen LogP contribution in [-0.4, -0.2) is 44.8 Å². The van der Waals surface area contributed by atoms with Crippen LogP contribution in [0.15, 0.2) is 97.2 Å². The summed E-state index contributed by atoms with van der Waals surface area (Å²) < 4.78 is 13.9. The lowest BCUT2D eigenvalue weighted by atomic mass is 10.00. The number of carboxylic acid groups (broad SMARTS) is 1. The number of fused-ring (bicyclic) bond motifs is 1. The van der Waals surface area contributed by atoms with Gasteiger partial charge in [0.1, 0.15) is 11.2 Å². The Balaban J connectivity index is 1.70. The Morgan fingerprint density at radius 2 is 1.08 bits per heavy atom. The van der Waals surface area contributed by atoms with Gasteiger partial charge in [0.15, 0.2) is 5.78 Å². The van der Waals surface area contributed by atoms with E-state index in [2.05, 4.69) is 52.0 Å². The van der Waals surface area contributed by atoms with Gasteiger partial charge in [0.2, 0.25) is 0 Å². The summed E-state index contributed by atoms with van der Waals surface area (Å²) in [6, 6.07) is 28.9. The Kier molecular flexibility index (Phi) is 14.9. The van der Waals surface area contributed by atoms with Crippen molar-refractivity contribution in [2.24, 2.45) is 11.8 Å². The summed E-state index contributed by atoms with van der Waals surface area (Å²) in [5, 5.41) is 10.0. The highest BCUT2D eigenvalue weighted by molar-refractivity contribution is 6.17. The number of anilines is 2. The van der Waals surface area contributed by atoms with Gasteiger partial charge < -0.3 is 19.1 Å². The smallest absolute Gasteiger partial charge is 0.415 e. The van der Waals surface area contributed by atoms with Gasteiger partial charge in [-0.3, -0.25) is 19.4 Å². The SMILES string of the molecule is CC(C)Cc1ccc(CN(C(=O)OC(C)(C)C)c2cc(C(=O)c3cn(CCCC(=O)O)c4ccccc34)cc(N(Cc3ccc(CC(C)C)cc3)C(=O)OC(C)(C)C)c2)cc1. The predicted molar refractivity (Wildman–Crippen MR) is 243 cm³/mol. The number of hydrogen-bond acceptors (Lipinski definition) is 6. The first kappa shape index (κ1) is 46.2. The van der Waals surface area contributed by atoms with Crippen molar-refractivity contribution in [1.82, 2.24) is 4.57 Å². The number of amides is 2. The minimum Gasteiger partial charge on any atom is -0.481 e. The van der Waals surface area contributed by atoms with Crippen LogP contribution in [-0.2, 0) is 46.7 Å². The number of rotatable bonds is 16. The molecule has 324 valence electrons. The van der Waals surface area contributed by atoms with Gasteiger partial charge in [-0.05, 0) is 119 Å². The van der Waals surface area contributed by atoms with Crippen LogP contribution in [0.5, 0.6) is 0 Å². The largest absolute Gasteiger partial charge is 0.481 e. The average molecular weight is 830 g/mol. The molecule has 0 bridgehead atoms. The zero-order valence-corrected chi connectivity index (χ0v) is 37.6. The maximum absolute atomic E-state index is 15.0. The number of hydrogen-bond donors (Lipinski definition) is 1. The Bertz CT molecular complexity index is 2200. The van der Waals surface area contributed by atoms with Gasteiger partial charge in [0, 0.05) is 41.2 Å². The van der Waals surface area contributed by atoms with Crippen LogP contribution >= 0.6 is 0 Å². The molecule has 0 saturated carbocycles. The summed E-state index contributed by atoms with van der Waals surface area (Å²) in [4.78, 5) is 58.0. The molecule has 1 heterocycles. The van der Waals surface area contributed by atoms with Crippen LogP contribution in [0.2, 0.25) is 0 Å². The van der Waals surface area contributed by atoms with Crippen molar-refractivity contribution >= 4 is 46.2 Å². The van der Waals surface area contributed by atoms with E-state index < -0.39 is 29.4 Å². The Hall–Kier alpha value is -5.90. The number of aryl methyl sites for hydroxylation is 1. The van der Waals surface area contributed by atoms with Gasteiger partial charge in [-0.25, -0.2) is 9.59 Å². The quantitative estimate of drug-likeness (QED) is 0.0984. The lowest BCUT2D eigenvalue weighted by molar-refractivity contribution is -0.137. The molecule has 10 heteroatoms. The van der Waals surface area contributed by atoms with Crippen molar-refractivity contribution in [3.05, 3.63) is 131 Å². The van der Waals surface area contributed by atoms with E-state index in [4.69, 9.17) is 9.47 Å². The van der Waals surface area contributed by atoms with E-state index >= 15 is 0 Å². The molecule has 0 fully saturated rings. The number of nitrogens with zero attached hydrogens (tertiary/aromatic N) is 3. The fourth-order valence-electron chi connectivity index (χ4n) is 7.23. The Morgan fingerprint density at radius 3 is 1.51 bits per heavy atom. The number of carbonyl (C=O) groups is 4. The molecule has 0 radical (unpaired) electrons. The molecule has 4 aromatic carbocycles. The lowest BCUT2D eigenvalue weighted by Crippen LogP contribution is -2.38. The highest BCUT2D eigenvalue weighted by atomic mass is 16.6. The summed E-state index contributed by atoms with van der Waals surface area (Å²) >= 11 is 0. The molecular formula is C51H63N3O7. The first-order valence-electron chi connectivity index (χ1n) is 21.3. The summed E-state index contributed by atoms with van der Waals surface area (Å²) in [6.45, 7) is 20.2. The van der Waals surface area contributed by atoms with E-state index in [0.717, 1.165) is 29.5 Å². The average Bonchev–Trinajstić information content (AvgIpc) is 3.53. The summed E-state index contributed by atoms with van der Waals surface area (Å²) in [6.07, 6.45) is 2.73. The third kappa shape index (κ3) is 13.3. The summed E-state index contributed by atoms with van der Waals surface area (Å²) in [7, 11) is 0. The van der Waals surface area contributed by atoms with E-state index in [1.165, 1.54) is 20.9 Å². The molecule has 1 N–H and O–H groups in total. The number of benzene rings is 4. The number of aliphatic carboxylic acids is 1. The van der Waals surface area contributed by atoms with Crippen molar-refractivity contribution in [3.8, 4) is 0 Å². The van der Waals surface area contributed by atoms with E-state index in [-0.39, 0.29) is 30.9 Å². The van der Waals surface area contributed by atoms with Crippen LogP contribution in [0.1, 0.15) is 120 Å². The zero-order valence-electron chi connectivity index (χ0n) is 37.6. The van der Waals surface area contributed by atoms with Gasteiger partial charge >= 0.3 is 18.2 Å². The van der Waals surface area contributed by atoms with Crippen molar-refractivity contribution in [2.45, 2.75) is 126 Å². The van der Waals surface area contributed by atoms with Crippen molar-refractivity contribution in [3.63, 3.8) is 0 Å². The second-order valence-electron chi connectivity index (χ2n) is 18.8. The molecular weight excluding hydrogens is 767 g/mol. The van der Waals surface area contributed by atoms with Crippen molar-refractivity contribution < 1.29 is 33.8 Å². The Labute approximate surface area is 361 Å². The number of carboxylic acids is 1. The number of carbonyl (C=O) groups excluding carboxylic acids is 3. The van der Waals surface area contributed by atoms with Gasteiger partial charge in [-0.1, -0.05) is 94.4 Å². The molecule has 0 unspecified atom stereocenters. The molecule has 0 aliphatic carbocycles. The Morgan fingerprint density at radius 1 is 0.639 bits per heavy atom. The highest BCUT2D eigenvalue weighted by Gasteiger charge is 2.30. The van der Waals surface area contributed by atoms with E-state index in [9.17, 15) is 24.3 Å². The zero-order chi connectivity index (χ0) is 44.6. The first-order valence-corrected chi connectivity index (χ1v) is 21.3. The van der Waals surface area contributed by atoms with E-state index in [0.29, 0.717) is 47.1 Å². The van der Waals surface area contributed by atoms with Crippen LogP contribution in [0.4, 0.5) is 21.0 Å². The maximum Gasteiger partial charge on any atom is 0.415 e. The molecule has 1 aromatic heterocycles. The first-order chi connectivity index (χ1) is 28.7. The van der Waals surface area contributed by atoms with E-state index in [1.54, 1.807) is 65.9 Å². The maximum atomic E-state index is 15.0. The second kappa shape index (κ2) is 19.7. The molecule has 0 spiro atoms. The highest BCUT2D eigenvalue weighted by Crippen LogP contribution is 2.33. The molecule has 2 amide bonds. The number of ketones is 1. The summed E-state index contributed by atoms with van der Waals surface area (Å²) in [5.41, 5.74) is 4.55. The third-order valence-electron chi connectivity index (χ3n) is 9.85. The third-order valence-corrected chi connectivity index (χ3v) is 9.85. The fourth-order valence-corrected chi connectivity index (χ4v) is 7.23. The minimum atomic E-state index is -0.890. The molecule has 61 heavy (non-hydrogen) atoms. The second-order valence-corrected chi connectivity index (χ2v) is 18.8. The van der Waals surface area contributed by atoms with Gasteiger partial charge in [0.25, 0.3) is 0 Å². The molecule has 5 aromatic rings. The van der Waals surface area contributed by atoms with Crippen molar-refractivity contribution in [1.29, 1.82) is 0 Å². The van der Waals surface area contributed by atoms with Crippen LogP contribution < -0.4 is 9.80 Å². The standard InChI is InChI=1S/C51H63N3O7/c1-34(2)26-36-17-21-38(22-18-36)31-53(48(58)60-50(5,6)7)41-28-40(47(57)44-33-52(25-13-16-46(55)56)45-15-12-11-14-43(44)45)29-42(30-41)54(49(59)61-51(8,9)10)32-39-23-19-37(20-24-39)27-35(3)4/h11-12,14-15,17-24,28-30,33-35H,13,16,25-27,31-32H2,1-10H3,(H,55,56). The van der Waals surface area contributed by atoms with Gasteiger partial charge in [-0.15, -0.1) is 0 Å². The van der Waals surface area contributed by atoms with E-state index in [1.807, 2.05) is 53.1 Å². The van der Waals surface area contributed by atoms with Gasteiger partial charge in [-0.2, -0.15) is 0 Å². The number of aromatic nitrogens is 1. The molecule has 10 nitrogen and oxygen atoms in total. The molecule has 0 saturated heterocycles. The minimum absolute atomic E-state index is 0.0108. The predicted octanol–water partition coefficient (Wildman–Crippen LogP) is 12.0. The molecule has 0 atom stereocenters. The fraction of sp³-hybridized carbons (Fsp3) is 0.412. The normalized spacial score (nSPS) is 11.9. The number of para-hydroxylation sites is 1. The lowest BCUT2D eigenvalue weighted by Gasteiger charge is -2.31. The van der Waals surface area contributed by atoms with Crippen LogP contribution in [0.25, 0.3) is 10.9 Å². The topological polar surface area (TPSA) is 118 Å². The monoisotopic (exact) mass is 829 g/mol. The molecule has 5 rings (SSSR count). The summed E-state index contributed by atoms with van der Waals surface area (Å²) in [5.74, 6) is -0.264. The van der Waals surface area contributed by atoms with Crippen LogP contribution in [0, 0.1) is 11.8 Å². The molecule has 0 aliphatic heterocycles. The van der Waals surface area contributed by atoms with Gasteiger partial charge in [0.05, 0.1) is 24.5 Å². The van der Waals surface area contributed by atoms with Crippen LogP contribution in [0.3, 0.4) is 0 Å². The molecule has 0 aliphatic rings.